The Morgan fingerprint density at radius 2 is 2.25 bits per heavy atom. The van der Waals surface area contributed by atoms with Gasteiger partial charge in [-0.15, -0.1) is 0 Å². The molecule has 0 radical (unpaired) electrons. The van der Waals surface area contributed by atoms with Gasteiger partial charge in [0.05, 0.1) is 5.69 Å². The van der Waals surface area contributed by atoms with Crippen LogP contribution in [-0.2, 0) is 13.1 Å². The highest BCUT2D eigenvalue weighted by Crippen LogP contribution is 2.05. The maximum Gasteiger partial charge on any atom is 0.0588 e. The maximum absolute atomic E-state index is 5.57. The summed E-state index contributed by atoms with van der Waals surface area (Å²) in [6, 6.07) is 3.94. The van der Waals surface area contributed by atoms with Crippen LogP contribution in [0.5, 0.6) is 0 Å². The summed E-state index contributed by atoms with van der Waals surface area (Å²) in [6.45, 7) is 1.42. The lowest BCUT2D eigenvalue weighted by Crippen LogP contribution is -2.14. The van der Waals surface area contributed by atoms with Gasteiger partial charge >= 0.3 is 0 Å². The lowest BCUT2D eigenvalue weighted by atomic mass is 10.2. The predicted octanol–water partition coefficient (Wildman–Crippen LogP) is 0.602. The standard InChI is InChI=1S/C9H15N3/c1-12(2)7-9-8(6-10)4-3-5-11-9/h3-5H,6-7,10H2,1-2H3. The first-order valence-electron chi connectivity index (χ1n) is 4.01. The van der Waals surface area contributed by atoms with Crippen LogP contribution in [0.3, 0.4) is 0 Å². The minimum Gasteiger partial charge on any atom is -0.326 e. The molecule has 0 saturated carbocycles. The van der Waals surface area contributed by atoms with Crippen LogP contribution in [0.2, 0.25) is 0 Å². The number of pyridine rings is 1. The van der Waals surface area contributed by atoms with E-state index in [4.69, 9.17) is 5.73 Å². The molecule has 2 N–H and O–H groups in total. The molecule has 0 aliphatic carbocycles. The molecule has 0 spiro atoms. The van der Waals surface area contributed by atoms with Gasteiger partial charge in [0.15, 0.2) is 0 Å². The average Bonchev–Trinajstić information content (AvgIpc) is 2.04. The Labute approximate surface area is 73.2 Å². The highest BCUT2D eigenvalue weighted by Gasteiger charge is 2.01. The number of hydrogen-bond acceptors (Lipinski definition) is 3. The zero-order valence-corrected chi connectivity index (χ0v) is 7.62. The van der Waals surface area contributed by atoms with E-state index < -0.39 is 0 Å². The van der Waals surface area contributed by atoms with Gasteiger partial charge in [-0.3, -0.25) is 4.98 Å². The van der Waals surface area contributed by atoms with Crippen molar-refractivity contribution < 1.29 is 0 Å². The third kappa shape index (κ3) is 2.29. The van der Waals surface area contributed by atoms with Gasteiger partial charge in [0.2, 0.25) is 0 Å². The highest BCUT2D eigenvalue weighted by atomic mass is 15.1. The van der Waals surface area contributed by atoms with Gasteiger partial charge in [0.1, 0.15) is 0 Å². The summed E-state index contributed by atoms with van der Waals surface area (Å²) in [5.74, 6) is 0. The molecule has 1 rings (SSSR count). The maximum atomic E-state index is 5.57. The molecule has 1 heterocycles. The monoisotopic (exact) mass is 165 g/mol. The number of nitrogens with zero attached hydrogens (tertiary/aromatic N) is 2. The Balaban J connectivity index is 2.82. The lowest BCUT2D eigenvalue weighted by molar-refractivity contribution is 0.395. The first-order chi connectivity index (χ1) is 5.74. The number of hydrogen-bond donors (Lipinski definition) is 1. The Morgan fingerprint density at radius 3 is 2.83 bits per heavy atom. The Kier molecular flexibility index (Phi) is 3.19. The van der Waals surface area contributed by atoms with Crippen LogP contribution in [0.25, 0.3) is 0 Å². The molecule has 66 valence electrons. The van der Waals surface area contributed by atoms with E-state index in [1.165, 1.54) is 0 Å². The summed E-state index contributed by atoms with van der Waals surface area (Å²) in [5.41, 5.74) is 7.77. The van der Waals surface area contributed by atoms with Crippen LogP contribution in [-0.4, -0.2) is 24.0 Å². The topological polar surface area (TPSA) is 42.2 Å². The molecule has 0 aromatic carbocycles. The van der Waals surface area contributed by atoms with Crippen molar-refractivity contribution in [2.24, 2.45) is 5.73 Å². The molecule has 0 bridgehead atoms. The fourth-order valence-corrected chi connectivity index (χ4v) is 1.10. The van der Waals surface area contributed by atoms with Crippen LogP contribution < -0.4 is 5.73 Å². The Hall–Kier alpha value is -0.930. The molecule has 12 heavy (non-hydrogen) atoms. The molecule has 0 saturated heterocycles. The summed E-state index contributed by atoms with van der Waals surface area (Å²) in [5, 5.41) is 0. The van der Waals surface area contributed by atoms with Crippen molar-refractivity contribution in [2.75, 3.05) is 14.1 Å². The minimum absolute atomic E-state index is 0.566. The molecular weight excluding hydrogens is 150 g/mol. The molecular formula is C9H15N3. The number of nitrogens with two attached hydrogens (primary N) is 1. The van der Waals surface area contributed by atoms with Crippen LogP contribution in [0, 0.1) is 0 Å². The number of rotatable bonds is 3. The van der Waals surface area contributed by atoms with E-state index >= 15 is 0 Å². The molecule has 3 heteroatoms. The SMILES string of the molecule is CN(C)Cc1ncccc1CN. The highest BCUT2D eigenvalue weighted by molar-refractivity contribution is 5.19. The molecule has 0 aliphatic heterocycles. The fraction of sp³-hybridized carbons (Fsp3) is 0.444. The van der Waals surface area contributed by atoms with E-state index in [0.717, 1.165) is 17.8 Å². The fourth-order valence-electron chi connectivity index (χ4n) is 1.10. The average molecular weight is 165 g/mol. The zero-order valence-electron chi connectivity index (χ0n) is 7.62. The van der Waals surface area contributed by atoms with Crippen molar-refractivity contribution in [3.05, 3.63) is 29.6 Å². The van der Waals surface area contributed by atoms with Crippen LogP contribution in [0.1, 0.15) is 11.3 Å². The van der Waals surface area contributed by atoms with Crippen LogP contribution in [0.4, 0.5) is 0 Å². The molecule has 3 nitrogen and oxygen atoms in total. The van der Waals surface area contributed by atoms with E-state index in [9.17, 15) is 0 Å². The first kappa shape index (κ1) is 9.16. The van der Waals surface area contributed by atoms with Gasteiger partial charge in [-0.25, -0.2) is 0 Å². The summed E-state index contributed by atoms with van der Waals surface area (Å²) >= 11 is 0. The predicted molar refractivity (Wildman–Crippen MR) is 49.5 cm³/mol. The van der Waals surface area contributed by atoms with E-state index in [0.29, 0.717) is 6.54 Å². The van der Waals surface area contributed by atoms with Gasteiger partial charge < -0.3 is 10.6 Å². The molecule has 0 atom stereocenters. The smallest absolute Gasteiger partial charge is 0.0588 e. The minimum atomic E-state index is 0.566. The van der Waals surface area contributed by atoms with Crippen LogP contribution >= 0.6 is 0 Å². The molecule has 0 aliphatic rings. The van der Waals surface area contributed by atoms with Crippen molar-refractivity contribution in [1.82, 2.24) is 9.88 Å². The second-order valence-electron chi connectivity index (χ2n) is 3.05. The largest absolute Gasteiger partial charge is 0.326 e. The van der Waals surface area contributed by atoms with Crippen molar-refractivity contribution in [1.29, 1.82) is 0 Å². The molecule has 1 aromatic heterocycles. The second kappa shape index (κ2) is 4.18. The third-order valence-electron chi connectivity index (χ3n) is 1.67. The van der Waals surface area contributed by atoms with E-state index in [2.05, 4.69) is 9.88 Å². The molecule has 1 aromatic rings. The van der Waals surface area contributed by atoms with E-state index in [1.807, 2.05) is 26.2 Å². The summed E-state index contributed by atoms with van der Waals surface area (Å²) in [4.78, 5) is 6.35. The lowest BCUT2D eigenvalue weighted by Gasteiger charge is -2.11. The quantitative estimate of drug-likeness (QED) is 0.713. The van der Waals surface area contributed by atoms with Crippen molar-refractivity contribution in [3.8, 4) is 0 Å². The van der Waals surface area contributed by atoms with Gasteiger partial charge in [0, 0.05) is 19.3 Å². The second-order valence-corrected chi connectivity index (χ2v) is 3.05. The summed E-state index contributed by atoms with van der Waals surface area (Å²) in [6.07, 6.45) is 1.80. The zero-order chi connectivity index (χ0) is 8.97. The van der Waals surface area contributed by atoms with Crippen molar-refractivity contribution >= 4 is 0 Å². The van der Waals surface area contributed by atoms with Gasteiger partial charge in [0.25, 0.3) is 0 Å². The van der Waals surface area contributed by atoms with Gasteiger partial charge in [-0.05, 0) is 25.7 Å². The molecule has 0 amide bonds. The van der Waals surface area contributed by atoms with E-state index in [1.54, 1.807) is 6.20 Å². The summed E-state index contributed by atoms with van der Waals surface area (Å²) < 4.78 is 0. The summed E-state index contributed by atoms with van der Waals surface area (Å²) in [7, 11) is 4.05. The third-order valence-corrected chi connectivity index (χ3v) is 1.67. The van der Waals surface area contributed by atoms with E-state index in [-0.39, 0.29) is 0 Å². The van der Waals surface area contributed by atoms with Gasteiger partial charge in [-0.2, -0.15) is 0 Å². The first-order valence-corrected chi connectivity index (χ1v) is 4.01. The Bertz CT molecular complexity index is 245. The normalized spacial score (nSPS) is 10.7. The molecule has 0 unspecified atom stereocenters. The number of aromatic nitrogens is 1. The molecule has 0 fully saturated rings. The van der Waals surface area contributed by atoms with Crippen LogP contribution in [0.15, 0.2) is 18.3 Å². The van der Waals surface area contributed by atoms with Gasteiger partial charge in [-0.1, -0.05) is 6.07 Å². The van der Waals surface area contributed by atoms with Crippen molar-refractivity contribution in [2.45, 2.75) is 13.1 Å². The van der Waals surface area contributed by atoms with Crippen molar-refractivity contribution in [3.63, 3.8) is 0 Å². The Morgan fingerprint density at radius 1 is 1.50 bits per heavy atom.